The number of carbonyl (C=O) groups excluding carboxylic acids is 1. The molecule has 0 N–H and O–H groups in total. The quantitative estimate of drug-likeness (QED) is 0.454. The van der Waals surface area contributed by atoms with Gasteiger partial charge in [-0.2, -0.15) is 0 Å². The maximum Gasteiger partial charge on any atom is 0.310 e. The Morgan fingerprint density at radius 3 is 2.89 bits per heavy atom. The SMILES string of the molecule is Cn1cnnc1COc1cc(C=O)ccc1[N+](=O)[O-]. The average molecular weight is 262 g/mol. The van der Waals surface area contributed by atoms with Gasteiger partial charge in [-0.15, -0.1) is 10.2 Å². The lowest BCUT2D eigenvalue weighted by molar-refractivity contribution is -0.386. The first-order valence-electron chi connectivity index (χ1n) is 5.31. The minimum atomic E-state index is -0.569. The van der Waals surface area contributed by atoms with E-state index in [2.05, 4.69) is 10.2 Å². The van der Waals surface area contributed by atoms with E-state index < -0.39 is 4.92 Å². The molecule has 8 nitrogen and oxygen atoms in total. The molecule has 0 radical (unpaired) electrons. The topological polar surface area (TPSA) is 100 Å². The summed E-state index contributed by atoms with van der Waals surface area (Å²) in [6.07, 6.45) is 2.09. The van der Waals surface area contributed by atoms with Gasteiger partial charge in [0.25, 0.3) is 0 Å². The summed E-state index contributed by atoms with van der Waals surface area (Å²) in [5.41, 5.74) is 0.103. The van der Waals surface area contributed by atoms with Gasteiger partial charge in [-0.3, -0.25) is 14.9 Å². The van der Waals surface area contributed by atoms with Crippen LogP contribution in [0.5, 0.6) is 5.75 Å². The zero-order chi connectivity index (χ0) is 13.8. The Kier molecular flexibility index (Phi) is 3.51. The van der Waals surface area contributed by atoms with Gasteiger partial charge < -0.3 is 9.30 Å². The maximum atomic E-state index is 10.9. The molecular weight excluding hydrogens is 252 g/mol. The van der Waals surface area contributed by atoms with Gasteiger partial charge in [0.05, 0.1) is 4.92 Å². The van der Waals surface area contributed by atoms with Crippen LogP contribution in [0.15, 0.2) is 24.5 Å². The van der Waals surface area contributed by atoms with E-state index in [1.54, 1.807) is 11.6 Å². The van der Waals surface area contributed by atoms with Crippen LogP contribution in [0, 0.1) is 10.1 Å². The van der Waals surface area contributed by atoms with E-state index in [-0.39, 0.29) is 18.0 Å². The van der Waals surface area contributed by atoms with Crippen molar-refractivity contribution in [1.29, 1.82) is 0 Å². The molecule has 0 saturated heterocycles. The number of aryl methyl sites for hydroxylation is 1. The molecule has 0 unspecified atom stereocenters. The molecule has 2 rings (SSSR count). The van der Waals surface area contributed by atoms with Gasteiger partial charge >= 0.3 is 5.69 Å². The predicted octanol–water partition coefficient (Wildman–Crippen LogP) is 1.11. The second kappa shape index (κ2) is 5.25. The molecule has 0 amide bonds. The molecule has 2 aromatic rings. The highest BCUT2D eigenvalue weighted by molar-refractivity contribution is 5.76. The van der Waals surface area contributed by atoms with E-state index in [4.69, 9.17) is 4.74 Å². The Bertz CT molecular complexity index is 623. The number of rotatable bonds is 5. The Labute approximate surface area is 107 Å². The van der Waals surface area contributed by atoms with Crippen LogP contribution in [0.3, 0.4) is 0 Å². The van der Waals surface area contributed by atoms with Gasteiger partial charge in [0.2, 0.25) is 0 Å². The van der Waals surface area contributed by atoms with Crippen LogP contribution in [0.4, 0.5) is 5.69 Å². The molecule has 0 bridgehead atoms. The van der Waals surface area contributed by atoms with Crippen LogP contribution in [-0.4, -0.2) is 26.0 Å². The van der Waals surface area contributed by atoms with Crippen molar-refractivity contribution < 1.29 is 14.5 Å². The van der Waals surface area contributed by atoms with E-state index in [9.17, 15) is 14.9 Å². The van der Waals surface area contributed by atoms with Crippen LogP contribution >= 0.6 is 0 Å². The van der Waals surface area contributed by atoms with Crippen molar-refractivity contribution in [1.82, 2.24) is 14.8 Å². The second-order valence-electron chi connectivity index (χ2n) is 3.75. The highest BCUT2D eigenvalue weighted by Gasteiger charge is 2.16. The highest BCUT2D eigenvalue weighted by atomic mass is 16.6. The lowest BCUT2D eigenvalue weighted by atomic mass is 10.2. The number of nitro groups is 1. The molecule has 0 spiro atoms. The average Bonchev–Trinajstić information content (AvgIpc) is 2.81. The van der Waals surface area contributed by atoms with Crippen molar-refractivity contribution in [2.24, 2.45) is 7.05 Å². The maximum absolute atomic E-state index is 10.9. The fraction of sp³-hybridized carbons (Fsp3) is 0.182. The summed E-state index contributed by atoms with van der Waals surface area (Å²) in [6.45, 7) is 0.0274. The summed E-state index contributed by atoms with van der Waals surface area (Å²) in [5, 5.41) is 18.3. The van der Waals surface area contributed by atoms with Crippen molar-refractivity contribution in [3.05, 3.63) is 46.0 Å². The van der Waals surface area contributed by atoms with E-state index in [1.807, 2.05) is 0 Å². The van der Waals surface area contributed by atoms with Crippen LogP contribution in [0.2, 0.25) is 0 Å². The zero-order valence-corrected chi connectivity index (χ0v) is 10.0. The van der Waals surface area contributed by atoms with Crippen molar-refractivity contribution in [2.45, 2.75) is 6.61 Å². The first-order chi connectivity index (χ1) is 9.11. The summed E-state index contributed by atoms with van der Waals surface area (Å²) in [5.74, 6) is 0.545. The van der Waals surface area contributed by atoms with Gasteiger partial charge in [0, 0.05) is 18.7 Å². The minimum Gasteiger partial charge on any atom is -0.479 e. The number of nitro benzene ring substituents is 1. The largest absolute Gasteiger partial charge is 0.479 e. The summed E-state index contributed by atoms with van der Waals surface area (Å²) >= 11 is 0. The molecule has 0 aliphatic carbocycles. The van der Waals surface area contributed by atoms with Crippen molar-refractivity contribution in [3.8, 4) is 5.75 Å². The molecule has 1 heterocycles. The predicted molar refractivity (Wildman–Crippen MR) is 63.8 cm³/mol. The molecule has 19 heavy (non-hydrogen) atoms. The van der Waals surface area contributed by atoms with E-state index in [0.717, 1.165) is 0 Å². The molecule has 1 aromatic heterocycles. The standard InChI is InChI=1S/C11H10N4O4/c1-14-7-12-13-11(14)6-19-10-4-8(5-16)2-3-9(10)15(17)18/h2-5,7H,6H2,1H3. The third-order valence-corrected chi connectivity index (χ3v) is 2.48. The second-order valence-corrected chi connectivity index (χ2v) is 3.75. The first kappa shape index (κ1) is 12.7. The van der Waals surface area contributed by atoms with E-state index in [0.29, 0.717) is 17.7 Å². The fourth-order valence-electron chi connectivity index (χ4n) is 1.45. The van der Waals surface area contributed by atoms with Gasteiger partial charge in [0.1, 0.15) is 19.2 Å². The zero-order valence-electron chi connectivity index (χ0n) is 10.0. The fourth-order valence-corrected chi connectivity index (χ4v) is 1.45. The molecule has 8 heteroatoms. The van der Waals surface area contributed by atoms with Crippen molar-refractivity contribution in [2.75, 3.05) is 0 Å². The van der Waals surface area contributed by atoms with Gasteiger partial charge in [-0.1, -0.05) is 0 Å². The summed E-state index contributed by atoms with van der Waals surface area (Å²) in [7, 11) is 1.73. The van der Waals surface area contributed by atoms with Crippen molar-refractivity contribution in [3.63, 3.8) is 0 Å². The number of nitrogens with zero attached hydrogens (tertiary/aromatic N) is 4. The number of carbonyl (C=O) groups is 1. The summed E-state index contributed by atoms with van der Waals surface area (Å²) in [6, 6.07) is 3.91. The third kappa shape index (κ3) is 2.73. The number of aldehydes is 1. The Balaban J connectivity index is 2.25. The number of ether oxygens (including phenoxy) is 1. The molecule has 0 aliphatic heterocycles. The van der Waals surface area contributed by atoms with Gasteiger partial charge in [-0.05, 0) is 12.1 Å². The molecule has 0 fully saturated rings. The molecule has 98 valence electrons. The molecule has 0 saturated carbocycles. The Morgan fingerprint density at radius 2 is 2.32 bits per heavy atom. The monoisotopic (exact) mass is 262 g/mol. The Morgan fingerprint density at radius 1 is 1.53 bits per heavy atom. The summed E-state index contributed by atoms with van der Waals surface area (Å²) < 4.78 is 6.98. The number of hydrogen-bond acceptors (Lipinski definition) is 6. The molecular formula is C11H10N4O4. The molecule has 0 atom stereocenters. The minimum absolute atomic E-state index is 0.0256. The van der Waals surface area contributed by atoms with Crippen LogP contribution in [-0.2, 0) is 13.7 Å². The van der Waals surface area contributed by atoms with Gasteiger partial charge in [-0.25, -0.2) is 0 Å². The number of benzene rings is 1. The lowest BCUT2D eigenvalue weighted by Crippen LogP contribution is -2.05. The number of hydrogen-bond donors (Lipinski definition) is 0. The third-order valence-electron chi connectivity index (χ3n) is 2.48. The van der Waals surface area contributed by atoms with E-state index in [1.165, 1.54) is 24.5 Å². The lowest BCUT2D eigenvalue weighted by Gasteiger charge is -2.06. The van der Waals surface area contributed by atoms with Crippen LogP contribution in [0.1, 0.15) is 16.2 Å². The Hall–Kier alpha value is -2.77. The van der Waals surface area contributed by atoms with Crippen LogP contribution < -0.4 is 4.74 Å². The van der Waals surface area contributed by atoms with Crippen molar-refractivity contribution >= 4 is 12.0 Å². The molecule has 0 aliphatic rings. The smallest absolute Gasteiger partial charge is 0.310 e. The molecule has 1 aromatic carbocycles. The van der Waals surface area contributed by atoms with E-state index >= 15 is 0 Å². The van der Waals surface area contributed by atoms with Gasteiger partial charge in [0.15, 0.2) is 11.6 Å². The normalized spacial score (nSPS) is 10.2. The highest BCUT2D eigenvalue weighted by Crippen LogP contribution is 2.28. The first-order valence-corrected chi connectivity index (χ1v) is 5.31. The number of aromatic nitrogens is 3. The van der Waals surface area contributed by atoms with Crippen LogP contribution in [0.25, 0.3) is 0 Å². The summed E-state index contributed by atoms with van der Waals surface area (Å²) in [4.78, 5) is 21.0.